The molecule has 0 radical (unpaired) electrons. The van der Waals surface area contributed by atoms with Crippen molar-refractivity contribution in [3.05, 3.63) is 52.9 Å². The zero-order valence-corrected chi connectivity index (χ0v) is 15.0. The van der Waals surface area contributed by atoms with Crippen molar-refractivity contribution in [1.29, 1.82) is 0 Å². The molecule has 0 aliphatic carbocycles. The van der Waals surface area contributed by atoms with Crippen molar-refractivity contribution in [2.45, 2.75) is 19.8 Å². The second-order valence-electron chi connectivity index (χ2n) is 5.61. The molecule has 0 bridgehead atoms. The van der Waals surface area contributed by atoms with E-state index < -0.39 is 0 Å². The molecular weight excluding hydrogens is 338 g/mol. The van der Waals surface area contributed by atoms with Gasteiger partial charge in [-0.3, -0.25) is 0 Å². The van der Waals surface area contributed by atoms with E-state index in [9.17, 15) is 0 Å². The largest absolute Gasteiger partial charge is 0.493 e. The van der Waals surface area contributed by atoms with E-state index in [2.05, 4.69) is 11.9 Å². The molecule has 4 nitrogen and oxygen atoms in total. The van der Waals surface area contributed by atoms with Crippen LogP contribution in [0, 0.1) is 0 Å². The molecule has 0 atom stereocenters. The first kappa shape index (κ1) is 17.4. The number of halogens is 1. The summed E-state index contributed by atoms with van der Waals surface area (Å²) in [7, 11) is 1.64. The van der Waals surface area contributed by atoms with Gasteiger partial charge in [-0.25, -0.2) is 4.98 Å². The molecule has 0 saturated carbocycles. The van der Waals surface area contributed by atoms with E-state index in [1.165, 1.54) is 0 Å². The summed E-state index contributed by atoms with van der Waals surface area (Å²) < 4.78 is 16.8. The summed E-state index contributed by atoms with van der Waals surface area (Å²) in [4.78, 5) is 4.41. The van der Waals surface area contributed by atoms with E-state index in [1.54, 1.807) is 19.2 Å². The molecule has 1 heterocycles. The lowest BCUT2D eigenvalue weighted by atomic mass is 10.2. The third-order valence-electron chi connectivity index (χ3n) is 3.73. The minimum absolute atomic E-state index is 0.529. The second kappa shape index (κ2) is 8.08. The van der Waals surface area contributed by atoms with Crippen LogP contribution >= 0.6 is 11.6 Å². The van der Waals surface area contributed by atoms with Crippen LogP contribution in [0.1, 0.15) is 31.2 Å². The lowest BCUT2D eigenvalue weighted by Gasteiger charge is -2.10. The van der Waals surface area contributed by atoms with Gasteiger partial charge in [-0.05, 0) is 48.4 Å². The van der Waals surface area contributed by atoms with Crippen LogP contribution in [0.15, 0.2) is 40.8 Å². The lowest BCUT2D eigenvalue weighted by Crippen LogP contribution is -1.99. The highest BCUT2D eigenvalue weighted by molar-refractivity contribution is 6.31. The van der Waals surface area contributed by atoms with Gasteiger partial charge in [-0.2, -0.15) is 0 Å². The highest BCUT2D eigenvalue weighted by Crippen LogP contribution is 2.29. The van der Waals surface area contributed by atoms with Crippen LogP contribution in [0.5, 0.6) is 11.5 Å². The fraction of sp³-hybridized carbons (Fsp3) is 0.250. The van der Waals surface area contributed by atoms with E-state index in [-0.39, 0.29) is 0 Å². The Bertz CT molecular complexity index is 886. The van der Waals surface area contributed by atoms with Gasteiger partial charge in [0.05, 0.1) is 13.7 Å². The van der Waals surface area contributed by atoms with Crippen LogP contribution < -0.4 is 9.47 Å². The van der Waals surface area contributed by atoms with E-state index in [0.29, 0.717) is 23.1 Å². The van der Waals surface area contributed by atoms with Gasteiger partial charge in [-0.1, -0.05) is 31.0 Å². The first-order valence-electron chi connectivity index (χ1n) is 8.24. The maximum atomic E-state index is 5.97. The molecule has 5 heteroatoms. The van der Waals surface area contributed by atoms with Crippen LogP contribution in [-0.4, -0.2) is 18.7 Å². The Morgan fingerprint density at radius 2 is 2.00 bits per heavy atom. The maximum Gasteiger partial charge on any atom is 0.220 e. The summed E-state index contributed by atoms with van der Waals surface area (Å²) in [5.41, 5.74) is 2.43. The Morgan fingerprint density at radius 1 is 1.12 bits per heavy atom. The maximum absolute atomic E-state index is 5.97. The minimum atomic E-state index is 0.529. The highest BCUT2D eigenvalue weighted by atomic mass is 35.5. The van der Waals surface area contributed by atoms with Crippen LogP contribution in [0.25, 0.3) is 23.3 Å². The number of ether oxygens (including phenoxy) is 2. The number of rotatable bonds is 7. The average molecular weight is 358 g/mol. The smallest absolute Gasteiger partial charge is 0.220 e. The molecule has 0 saturated heterocycles. The topological polar surface area (TPSA) is 44.5 Å². The number of nitrogens with zero attached hydrogens (tertiary/aromatic N) is 1. The van der Waals surface area contributed by atoms with Gasteiger partial charge in [0.15, 0.2) is 17.1 Å². The number of hydrogen-bond donors (Lipinski definition) is 0. The molecule has 0 aliphatic rings. The van der Waals surface area contributed by atoms with E-state index in [1.807, 2.05) is 36.4 Å². The number of oxazole rings is 1. The first-order valence-corrected chi connectivity index (χ1v) is 8.62. The lowest BCUT2D eigenvalue weighted by molar-refractivity contribution is 0.288. The number of hydrogen-bond acceptors (Lipinski definition) is 4. The van der Waals surface area contributed by atoms with Crippen molar-refractivity contribution in [1.82, 2.24) is 4.98 Å². The van der Waals surface area contributed by atoms with Gasteiger partial charge in [0, 0.05) is 11.1 Å². The number of fused-ring (bicyclic) bond motifs is 1. The monoisotopic (exact) mass is 357 g/mol. The Morgan fingerprint density at radius 3 is 2.80 bits per heavy atom. The second-order valence-corrected chi connectivity index (χ2v) is 6.05. The van der Waals surface area contributed by atoms with Crippen molar-refractivity contribution < 1.29 is 13.9 Å². The molecule has 3 rings (SSSR count). The molecule has 0 fully saturated rings. The van der Waals surface area contributed by atoms with Crippen molar-refractivity contribution in [3.63, 3.8) is 0 Å². The predicted molar refractivity (Wildman–Crippen MR) is 101 cm³/mol. The van der Waals surface area contributed by atoms with Crippen molar-refractivity contribution >= 4 is 34.9 Å². The van der Waals surface area contributed by atoms with Crippen LogP contribution in [0.3, 0.4) is 0 Å². The van der Waals surface area contributed by atoms with E-state index >= 15 is 0 Å². The molecule has 0 spiro atoms. The van der Waals surface area contributed by atoms with Gasteiger partial charge >= 0.3 is 0 Å². The molecule has 1 aromatic heterocycles. The van der Waals surface area contributed by atoms with Crippen LogP contribution in [-0.2, 0) is 0 Å². The summed E-state index contributed by atoms with van der Waals surface area (Å²) in [6.45, 7) is 2.80. The summed E-state index contributed by atoms with van der Waals surface area (Å²) in [5.74, 6) is 1.99. The number of aromatic nitrogens is 1. The zero-order valence-electron chi connectivity index (χ0n) is 14.3. The average Bonchev–Trinajstić information content (AvgIpc) is 3.02. The van der Waals surface area contributed by atoms with Crippen LogP contribution in [0.4, 0.5) is 0 Å². The third-order valence-corrected chi connectivity index (χ3v) is 3.96. The van der Waals surface area contributed by atoms with Crippen molar-refractivity contribution in [2.24, 2.45) is 0 Å². The fourth-order valence-electron chi connectivity index (χ4n) is 2.39. The Balaban J connectivity index is 1.80. The number of unbranched alkanes of at least 4 members (excludes halogenated alkanes) is 1. The molecule has 3 aromatic rings. The van der Waals surface area contributed by atoms with Gasteiger partial charge in [0.1, 0.15) is 5.52 Å². The standard InChI is InChI=1S/C20H20ClNO3/c1-3-4-11-24-19-12-14(5-8-18(19)23-2)6-10-20-22-16-13-15(21)7-9-17(16)25-20/h5-10,12-13H,3-4,11H2,1-2H3/b10-6+. The summed E-state index contributed by atoms with van der Waals surface area (Å²) >= 11 is 5.97. The molecule has 130 valence electrons. The number of benzene rings is 2. The Hall–Kier alpha value is -2.46. The van der Waals surface area contributed by atoms with Gasteiger partial charge < -0.3 is 13.9 Å². The van der Waals surface area contributed by atoms with Crippen LogP contribution in [0.2, 0.25) is 5.02 Å². The predicted octanol–water partition coefficient (Wildman–Crippen LogP) is 5.84. The Kier molecular flexibility index (Phi) is 5.61. The molecule has 0 N–H and O–H groups in total. The third kappa shape index (κ3) is 4.34. The van der Waals surface area contributed by atoms with Gasteiger partial charge in [-0.15, -0.1) is 0 Å². The highest BCUT2D eigenvalue weighted by Gasteiger charge is 2.06. The molecule has 0 amide bonds. The van der Waals surface area contributed by atoms with Crippen molar-refractivity contribution in [2.75, 3.05) is 13.7 Å². The number of methoxy groups -OCH3 is 1. The molecular formula is C20H20ClNO3. The van der Waals surface area contributed by atoms with E-state index in [0.717, 1.165) is 35.4 Å². The first-order chi connectivity index (χ1) is 12.2. The fourth-order valence-corrected chi connectivity index (χ4v) is 2.56. The summed E-state index contributed by atoms with van der Waals surface area (Å²) in [5, 5.41) is 0.639. The van der Waals surface area contributed by atoms with Crippen molar-refractivity contribution in [3.8, 4) is 11.5 Å². The molecule has 0 aliphatic heterocycles. The minimum Gasteiger partial charge on any atom is -0.493 e. The van der Waals surface area contributed by atoms with E-state index in [4.69, 9.17) is 25.5 Å². The normalized spacial score (nSPS) is 11.3. The zero-order chi connectivity index (χ0) is 17.6. The van der Waals surface area contributed by atoms with Gasteiger partial charge in [0.25, 0.3) is 0 Å². The molecule has 0 unspecified atom stereocenters. The van der Waals surface area contributed by atoms with Gasteiger partial charge in [0.2, 0.25) is 5.89 Å². The SMILES string of the molecule is CCCCOc1cc(/C=C/c2nc3cc(Cl)ccc3o2)ccc1OC. The Labute approximate surface area is 152 Å². The quantitative estimate of drug-likeness (QED) is 0.498. The molecule has 25 heavy (non-hydrogen) atoms. The molecule has 2 aromatic carbocycles. The summed E-state index contributed by atoms with van der Waals surface area (Å²) in [6.07, 6.45) is 5.85. The summed E-state index contributed by atoms with van der Waals surface area (Å²) in [6, 6.07) is 11.2.